The van der Waals surface area contributed by atoms with Crippen molar-refractivity contribution in [3.8, 4) is 0 Å². The third kappa shape index (κ3) is 3.04. The predicted molar refractivity (Wildman–Crippen MR) is 90.2 cm³/mol. The van der Waals surface area contributed by atoms with Crippen molar-refractivity contribution in [1.82, 2.24) is 10.2 Å². The van der Waals surface area contributed by atoms with Crippen molar-refractivity contribution in [3.05, 3.63) is 42.1 Å². The lowest BCUT2D eigenvalue weighted by atomic mass is 9.78. The number of amides is 3. The van der Waals surface area contributed by atoms with Crippen LogP contribution in [0.25, 0.3) is 0 Å². The number of hydrogen-bond donors (Lipinski definition) is 2. The lowest BCUT2D eigenvalue weighted by molar-refractivity contribution is -0.131. The van der Waals surface area contributed by atoms with Crippen LogP contribution >= 0.6 is 0 Å². The molecule has 2 N–H and O–H groups in total. The molecule has 0 bridgehead atoms. The van der Waals surface area contributed by atoms with Gasteiger partial charge in [0, 0.05) is 37.0 Å². The Morgan fingerprint density at radius 2 is 2.12 bits per heavy atom. The van der Waals surface area contributed by atoms with Crippen LogP contribution in [0.5, 0.6) is 0 Å². The maximum atomic E-state index is 12.7. The van der Waals surface area contributed by atoms with Crippen molar-refractivity contribution in [2.75, 3.05) is 18.4 Å². The SMILES string of the molecule is C=C1CCC2(CCN(C(=O)c3cccc(NC(C)=O)c3)C2)C(=O)N1. The van der Waals surface area contributed by atoms with Crippen LogP contribution in [0.15, 0.2) is 36.5 Å². The Balaban J connectivity index is 1.74. The van der Waals surface area contributed by atoms with Gasteiger partial charge >= 0.3 is 0 Å². The standard InChI is InChI=1S/C18H21N3O3/c1-12-6-7-18(17(24)19-12)8-9-21(11-18)16(23)14-4-3-5-15(10-14)20-13(2)22/h3-5,10H,1,6-9,11H2,2H3,(H,19,24)(H,20,22). The van der Waals surface area contributed by atoms with Crippen LogP contribution in [-0.2, 0) is 9.59 Å². The van der Waals surface area contributed by atoms with Gasteiger partial charge in [-0.25, -0.2) is 0 Å². The van der Waals surface area contributed by atoms with Crippen molar-refractivity contribution in [3.63, 3.8) is 0 Å². The molecule has 1 spiro atoms. The zero-order valence-corrected chi connectivity index (χ0v) is 13.7. The molecular weight excluding hydrogens is 306 g/mol. The Morgan fingerprint density at radius 3 is 2.83 bits per heavy atom. The van der Waals surface area contributed by atoms with E-state index in [-0.39, 0.29) is 17.7 Å². The molecule has 2 aliphatic rings. The molecule has 126 valence electrons. The van der Waals surface area contributed by atoms with E-state index in [0.29, 0.717) is 30.8 Å². The van der Waals surface area contributed by atoms with Crippen molar-refractivity contribution in [1.29, 1.82) is 0 Å². The maximum Gasteiger partial charge on any atom is 0.253 e. The highest BCUT2D eigenvalue weighted by Gasteiger charge is 2.47. The number of carbonyl (C=O) groups is 3. The fourth-order valence-electron chi connectivity index (χ4n) is 3.41. The number of carbonyl (C=O) groups excluding carboxylic acids is 3. The van der Waals surface area contributed by atoms with Crippen LogP contribution in [0.1, 0.15) is 36.5 Å². The molecule has 1 aromatic carbocycles. The zero-order chi connectivity index (χ0) is 17.3. The summed E-state index contributed by atoms with van der Waals surface area (Å²) >= 11 is 0. The summed E-state index contributed by atoms with van der Waals surface area (Å²) in [5, 5.41) is 5.50. The monoisotopic (exact) mass is 327 g/mol. The first kappa shape index (κ1) is 16.2. The van der Waals surface area contributed by atoms with Gasteiger partial charge in [-0.1, -0.05) is 12.6 Å². The Morgan fingerprint density at radius 1 is 1.33 bits per heavy atom. The predicted octanol–water partition coefficient (Wildman–Crippen LogP) is 1.90. The fraction of sp³-hybridized carbons (Fsp3) is 0.389. The molecule has 2 fully saturated rings. The first-order valence-corrected chi connectivity index (χ1v) is 8.06. The Labute approximate surface area is 140 Å². The normalized spacial score (nSPS) is 23.3. The number of piperidine rings is 1. The number of likely N-dealkylation sites (tertiary alicyclic amines) is 1. The van der Waals surface area contributed by atoms with Crippen molar-refractivity contribution in [2.45, 2.75) is 26.2 Å². The Kier molecular flexibility index (Phi) is 4.13. The molecule has 0 radical (unpaired) electrons. The van der Waals surface area contributed by atoms with Crippen LogP contribution in [0.3, 0.4) is 0 Å². The van der Waals surface area contributed by atoms with Gasteiger partial charge in [-0.2, -0.15) is 0 Å². The molecule has 0 aromatic heterocycles. The molecule has 6 heteroatoms. The topological polar surface area (TPSA) is 78.5 Å². The second-order valence-corrected chi connectivity index (χ2v) is 6.58. The molecule has 1 atom stereocenters. The second kappa shape index (κ2) is 6.11. The first-order chi connectivity index (χ1) is 11.4. The number of benzene rings is 1. The number of hydrogen-bond acceptors (Lipinski definition) is 3. The summed E-state index contributed by atoms with van der Waals surface area (Å²) < 4.78 is 0. The lowest BCUT2D eigenvalue weighted by Gasteiger charge is -2.33. The zero-order valence-electron chi connectivity index (χ0n) is 13.7. The molecule has 1 unspecified atom stereocenters. The van der Waals surface area contributed by atoms with Gasteiger partial charge in [-0.05, 0) is 37.5 Å². The van der Waals surface area contributed by atoms with E-state index in [0.717, 1.165) is 18.5 Å². The molecule has 0 saturated carbocycles. The van der Waals surface area contributed by atoms with Crippen molar-refractivity contribution in [2.24, 2.45) is 5.41 Å². The van der Waals surface area contributed by atoms with E-state index in [2.05, 4.69) is 17.2 Å². The highest BCUT2D eigenvalue weighted by atomic mass is 16.2. The number of nitrogens with one attached hydrogen (secondary N) is 2. The summed E-state index contributed by atoms with van der Waals surface area (Å²) in [6.07, 6.45) is 2.16. The highest BCUT2D eigenvalue weighted by molar-refractivity contribution is 5.97. The van der Waals surface area contributed by atoms with Gasteiger partial charge < -0.3 is 15.5 Å². The van der Waals surface area contributed by atoms with Crippen molar-refractivity contribution >= 4 is 23.4 Å². The summed E-state index contributed by atoms with van der Waals surface area (Å²) in [4.78, 5) is 38.0. The van der Waals surface area contributed by atoms with E-state index in [1.165, 1.54) is 6.92 Å². The number of anilines is 1. The van der Waals surface area contributed by atoms with Gasteiger partial charge in [0.25, 0.3) is 5.91 Å². The largest absolute Gasteiger partial charge is 0.338 e. The van der Waals surface area contributed by atoms with Gasteiger partial charge in [0.05, 0.1) is 5.41 Å². The second-order valence-electron chi connectivity index (χ2n) is 6.58. The van der Waals surface area contributed by atoms with Gasteiger partial charge in [-0.15, -0.1) is 0 Å². The first-order valence-electron chi connectivity index (χ1n) is 8.06. The smallest absolute Gasteiger partial charge is 0.253 e. The van der Waals surface area contributed by atoms with E-state index < -0.39 is 5.41 Å². The molecule has 0 aliphatic carbocycles. The van der Waals surface area contributed by atoms with Gasteiger partial charge in [0.1, 0.15) is 0 Å². The molecule has 2 aliphatic heterocycles. The van der Waals surface area contributed by atoms with Crippen molar-refractivity contribution < 1.29 is 14.4 Å². The maximum absolute atomic E-state index is 12.7. The Hall–Kier alpha value is -2.63. The molecule has 3 rings (SSSR count). The summed E-state index contributed by atoms with van der Waals surface area (Å²) in [7, 11) is 0. The van der Waals surface area contributed by atoms with Crippen LogP contribution in [0.2, 0.25) is 0 Å². The van der Waals surface area contributed by atoms with E-state index in [1.807, 2.05) is 0 Å². The summed E-state index contributed by atoms with van der Waals surface area (Å²) in [6, 6.07) is 6.87. The van der Waals surface area contributed by atoms with Gasteiger partial charge in [0.15, 0.2) is 0 Å². The van der Waals surface area contributed by atoms with Gasteiger partial charge in [-0.3, -0.25) is 14.4 Å². The summed E-state index contributed by atoms with van der Waals surface area (Å²) in [5.74, 6) is -0.323. The van der Waals surface area contributed by atoms with Crippen LogP contribution in [-0.4, -0.2) is 35.7 Å². The number of rotatable bonds is 2. The average molecular weight is 327 g/mol. The third-order valence-corrected chi connectivity index (χ3v) is 4.75. The van der Waals surface area contributed by atoms with Crippen LogP contribution in [0.4, 0.5) is 5.69 Å². The van der Waals surface area contributed by atoms with E-state index in [1.54, 1.807) is 29.2 Å². The number of allylic oxidation sites excluding steroid dienone is 1. The van der Waals surface area contributed by atoms with Gasteiger partial charge in [0.2, 0.25) is 11.8 Å². The third-order valence-electron chi connectivity index (χ3n) is 4.75. The van der Waals surface area contributed by atoms with E-state index >= 15 is 0 Å². The molecule has 2 heterocycles. The minimum absolute atomic E-state index is 0.0268. The summed E-state index contributed by atoms with van der Waals surface area (Å²) in [5.41, 5.74) is 1.36. The fourth-order valence-corrected chi connectivity index (χ4v) is 3.41. The number of nitrogens with zero attached hydrogens (tertiary/aromatic N) is 1. The van der Waals surface area contributed by atoms with Crippen LogP contribution < -0.4 is 10.6 Å². The lowest BCUT2D eigenvalue weighted by Crippen LogP contribution is -2.46. The molecule has 6 nitrogen and oxygen atoms in total. The van der Waals surface area contributed by atoms with Crippen LogP contribution in [0, 0.1) is 5.41 Å². The molecule has 2 saturated heterocycles. The van der Waals surface area contributed by atoms with E-state index in [9.17, 15) is 14.4 Å². The average Bonchev–Trinajstić information content (AvgIpc) is 2.96. The minimum Gasteiger partial charge on any atom is -0.338 e. The quantitative estimate of drug-likeness (QED) is 0.871. The minimum atomic E-state index is -0.494. The molecule has 1 aromatic rings. The van der Waals surface area contributed by atoms with E-state index in [4.69, 9.17) is 0 Å². The highest BCUT2D eigenvalue weighted by Crippen LogP contribution is 2.39. The molecule has 3 amide bonds. The molecule has 24 heavy (non-hydrogen) atoms. The Bertz CT molecular complexity index is 728. The summed E-state index contributed by atoms with van der Waals surface area (Å²) in [6.45, 7) is 6.22. The molecular formula is C18H21N3O3.